The van der Waals surface area contributed by atoms with Gasteiger partial charge in [-0.25, -0.2) is 0 Å². The molecule has 1 aromatic rings. The number of benzene rings is 1. The molecule has 3 amide bonds. The number of carbonyl (C=O) groups is 3. The number of carbonyl (C=O) groups excluding carboxylic acids is 3. The van der Waals surface area contributed by atoms with Crippen LogP contribution in [0.5, 0.6) is 0 Å². The SMILES string of the molecule is CCCCCCCCCC(=O)N1CCC[C@@H](C(=O)N[C@@H]2CCCC[C@H]2NC(=O)c2ccccc2C)C1. The van der Waals surface area contributed by atoms with E-state index in [4.69, 9.17) is 0 Å². The Balaban J connectivity index is 1.45. The lowest BCUT2D eigenvalue weighted by Gasteiger charge is -2.36. The Bertz CT molecular complexity index is 856. The van der Waals surface area contributed by atoms with Crippen molar-refractivity contribution in [1.29, 1.82) is 0 Å². The van der Waals surface area contributed by atoms with E-state index in [1.165, 1.54) is 32.1 Å². The van der Waals surface area contributed by atoms with Crippen LogP contribution in [0.1, 0.15) is 113 Å². The van der Waals surface area contributed by atoms with Crippen LogP contribution in [0, 0.1) is 12.8 Å². The standard InChI is InChI=1S/C30H47N3O3/c1-3-4-5-6-7-8-9-20-28(34)33-21-14-16-24(22-33)29(35)31-26-18-12-13-19-27(26)32-30(36)25-17-11-10-15-23(25)2/h10-11,15,17,24,26-27H,3-9,12-14,16,18-22H2,1-2H3,(H,31,35)(H,32,36)/t24-,26-,27-/m1/s1. The largest absolute Gasteiger partial charge is 0.351 e. The third-order valence-electron chi connectivity index (χ3n) is 7.94. The first-order valence-corrected chi connectivity index (χ1v) is 14.4. The quantitative estimate of drug-likeness (QED) is 0.373. The van der Waals surface area contributed by atoms with E-state index in [9.17, 15) is 14.4 Å². The van der Waals surface area contributed by atoms with Crippen LogP contribution in [0.2, 0.25) is 0 Å². The van der Waals surface area contributed by atoms with Crippen LogP contribution in [0.3, 0.4) is 0 Å². The topological polar surface area (TPSA) is 78.5 Å². The fourth-order valence-electron chi connectivity index (χ4n) is 5.66. The second-order valence-corrected chi connectivity index (χ2v) is 10.8. The first kappa shape index (κ1) is 28.2. The Labute approximate surface area is 218 Å². The lowest BCUT2D eigenvalue weighted by atomic mass is 9.88. The molecule has 2 aliphatic rings. The van der Waals surface area contributed by atoms with E-state index in [0.717, 1.165) is 63.5 Å². The van der Waals surface area contributed by atoms with Gasteiger partial charge in [-0.15, -0.1) is 0 Å². The third kappa shape index (κ3) is 8.63. The van der Waals surface area contributed by atoms with Crippen LogP contribution < -0.4 is 10.6 Å². The summed E-state index contributed by atoms with van der Waals surface area (Å²) in [6.45, 7) is 5.45. The van der Waals surface area contributed by atoms with Gasteiger partial charge in [0.2, 0.25) is 11.8 Å². The molecule has 2 fully saturated rings. The number of nitrogens with one attached hydrogen (secondary N) is 2. The average Bonchev–Trinajstić information content (AvgIpc) is 2.89. The molecule has 0 unspecified atom stereocenters. The van der Waals surface area contributed by atoms with E-state index in [-0.39, 0.29) is 35.7 Å². The molecule has 1 saturated heterocycles. The minimum Gasteiger partial charge on any atom is -0.351 e. The van der Waals surface area contributed by atoms with Gasteiger partial charge in [0.05, 0.1) is 5.92 Å². The van der Waals surface area contributed by atoms with Crippen molar-refractivity contribution in [3.05, 3.63) is 35.4 Å². The highest BCUT2D eigenvalue weighted by atomic mass is 16.2. The first-order valence-electron chi connectivity index (χ1n) is 14.4. The molecule has 1 aliphatic heterocycles. The zero-order chi connectivity index (χ0) is 25.8. The number of amides is 3. The fraction of sp³-hybridized carbons (Fsp3) is 0.700. The van der Waals surface area contributed by atoms with Gasteiger partial charge in [0.15, 0.2) is 0 Å². The molecule has 1 saturated carbocycles. The predicted octanol–water partition coefficient (Wildman–Crippen LogP) is 5.53. The maximum absolute atomic E-state index is 13.2. The smallest absolute Gasteiger partial charge is 0.251 e. The highest BCUT2D eigenvalue weighted by Crippen LogP contribution is 2.23. The minimum absolute atomic E-state index is 0.0328. The van der Waals surface area contributed by atoms with Gasteiger partial charge in [0.25, 0.3) is 5.91 Å². The molecule has 200 valence electrons. The monoisotopic (exact) mass is 497 g/mol. The Morgan fingerprint density at radius 2 is 1.53 bits per heavy atom. The number of piperidine rings is 1. The normalized spacial score (nSPS) is 22.2. The number of rotatable bonds is 12. The molecule has 2 N–H and O–H groups in total. The summed E-state index contributed by atoms with van der Waals surface area (Å²) >= 11 is 0. The number of unbranched alkanes of at least 4 members (excludes halogenated alkanes) is 6. The van der Waals surface area contributed by atoms with Crippen molar-refractivity contribution in [3.8, 4) is 0 Å². The molecule has 3 atom stereocenters. The molecule has 3 rings (SSSR count). The van der Waals surface area contributed by atoms with Gasteiger partial charge in [-0.1, -0.05) is 76.5 Å². The van der Waals surface area contributed by atoms with E-state index < -0.39 is 0 Å². The lowest BCUT2D eigenvalue weighted by Crippen LogP contribution is -2.55. The molecule has 0 aromatic heterocycles. The van der Waals surface area contributed by atoms with Crippen molar-refractivity contribution >= 4 is 17.7 Å². The predicted molar refractivity (Wildman–Crippen MR) is 145 cm³/mol. The van der Waals surface area contributed by atoms with Gasteiger partial charge in [-0.3, -0.25) is 14.4 Å². The van der Waals surface area contributed by atoms with E-state index >= 15 is 0 Å². The van der Waals surface area contributed by atoms with Crippen molar-refractivity contribution in [2.75, 3.05) is 13.1 Å². The second-order valence-electron chi connectivity index (χ2n) is 10.8. The summed E-state index contributed by atoms with van der Waals surface area (Å²) in [6, 6.07) is 7.49. The molecule has 1 aliphatic carbocycles. The highest BCUT2D eigenvalue weighted by Gasteiger charge is 2.33. The number of likely N-dealkylation sites (tertiary alicyclic amines) is 1. The van der Waals surface area contributed by atoms with Crippen LogP contribution in [-0.2, 0) is 9.59 Å². The summed E-state index contributed by atoms with van der Waals surface area (Å²) in [4.78, 5) is 40.8. The highest BCUT2D eigenvalue weighted by molar-refractivity contribution is 5.95. The molecule has 0 bridgehead atoms. The van der Waals surface area contributed by atoms with Gasteiger partial charge in [0.1, 0.15) is 0 Å². The molecule has 6 nitrogen and oxygen atoms in total. The van der Waals surface area contributed by atoms with E-state index in [2.05, 4.69) is 17.6 Å². The van der Waals surface area contributed by atoms with Gasteiger partial charge in [-0.2, -0.15) is 0 Å². The Morgan fingerprint density at radius 3 is 2.25 bits per heavy atom. The van der Waals surface area contributed by atoms with Crippen LogP contribution in [-0.4, -0.2) is 47.8 Å². The number of hydrogen-bond donors (Lipinski definition) is 2. The number of hydrogen-bond acceptors (Lipinski definition) is 3. The lowest BCUT2D eigenvalue weighted by molar-refractivity contribution is -0.136. The van der Waals surface area contributed by atoms with Gasteiger partial charge >= 0.3 is 0 Å². The summed E-state index contributed by atoms with van der Waals surface area (Å²) in [5.74, 6) is -0.00185. The molecular formula is C30H47N3O3. The van der Waals surface area contributed by atoms with Crippen LogP contribution in [0.25, 0.3) is 0 Å². The van der Waals surface area contributed by atoms with Gasteiger partial charge in [-0.05, 0) is 50.7 Å². The molecule has 1 aromatic carbocycles. The zero-order valence-corrected chi connectivity index (χ0v) is 22.5. The van der Waals surface area contributed by atoms with E-state index in [0.29, 0.717) is 18.5 Å². The molecular weight excluding hydrogens is 450 g/mol. The van der Waals surface area contributed by atoms with Gasteiger partial charge < -0.3 is 15.5 Å². The third-order valence-corrected chi connectivity index (χ3v) is 7.94. The Kier molecular flexibility index (Phi) is 11.8. The maximum atomic E-state index is 13.2. The summed E-state index contributed by atoms with van der Waals surface area (Å²) in [5.41, 5.74) is 1.64. The minimum atomic E-state index is -0.161. The maximum Gasteiger partial charge on any atom is 0.251 e. The molecule has 0 radical (unpaired) electrons. The average molecular weight is 498 g/mol. The first-order chi connectivity index (χ1) is 17.5. The second kappa shape index (κ2) is 15.0. The zero-order valence-electron chi connectivity index (χ0n) is 22.5. The Hall–Kier alpha value is -2.37. The summed E-state index contributed by atoms with van der Waals surface area (Å²) < 4.78 is 0. The molecule has 36 heavy (non-hydrogen) atoms. The van der Waals surface area contributed by atoms with E-state index in [1.807, 2.05) is 36.1 Å². The van der Waals surface area contributed by atoms with Crippen molar-refractivity contribution in [1.82, 2.24) is 15.5 Å². The summed E-state index contributed by atoms with van der Waals surface area (Å²) in [5, 5.41) is 6.44. The van der Waals surface area contributed by atoms with Crippen molar-refractivity contribution in [2.45, 2.75) is 116 Å². The van der Waals surface area contributed by atoms with Gasteiger partial charge in [0, 0.05) is 37.2 Å². The van der Waals surface area contributed by atoms with E-state index in [1.54, 1.807) is 0 Å². The van der Waals surface area contributed by atoms with Crippen LogP contribution >= 0.6 is 0 Å². The Morgan fingerprint density at radius 1 is 0.861 bits per heavy atom. The summed E-state index contributed by atoms with van der Waals surface area (Å²) in [7, 11) is 0. The van der Waals surface area contributed by atoms with Crippen LogP contribution in [0.4, 0.5) is 0 Å². The van der Waals surface area contributed by atoms with Crippen molar-refractivity contribution in [3.63, 3.8) is 0 Å². The van der Waals surface area contributed by atoms with Crippen LogP contribution in [0.15, 0.2) is 24.3 Å². The summed E-state index contributed by atoms with van der Waals surface area (Å²) in [6.07, 6.45) is 14.5. The fourth-order valence-corrected chi connectivity index (χ4v) is 5.66. The van der Waals surface area contributed by atoms with Crippen molar-refractivity contribution < 1.29 is 14.4 Å². The number of nitrogens with zero attached hydrogens (tertiary/aromatic N) is 1. The van der Waals surface area contributed by atoms with Crippen molar-refractivity contribution in [2.24, 2.45) is 5.92 Å². The molecule has 0 spiro atoms. The molecule has 6 heteroatoms. The molecule has 1 heterocycles. The number of aryl methyl sites for hydroxylation is 1.